The van der Waals surface area contributed by atoms with Crippen molar-refractivity contribution in [3.8, 4) is 0 Å². The predicted octanol–water partition coefficient (Wildman–Crippen LogP) is 2.13. The van der Waals surface area contributed by atoms with Crippen molar-refractivity contribution < 1.29 is 13.9 Å². The fourth-order valence-electron chi connectivity index (χ4n) is 0.585. The van der Waals surface area contributed by atoms with E-state index in [1.165, 1.54) is 13.8 Å². The predicted molar refractivity (Wildman–Crippen MR) is 42.2 cm³/mol. The molecule has 0 fully saturated rings. The quantitative estimate of drug-likeness (QED) is 0.619. The van der Waals surface area contributed by atoms with E-state index in [0.29, 0.717) is 6.61 Å². The van der Waals surface area contributed by atoms with Crippen LogP contribution in [0.25, 0.3) is 0 Å². The van der Waals surface area contributed by atoms with Gasteiger partial charge < -0.3 is 9.47 Å². The summed E-state index contributed by atoms with van der Waals surface area (Å²) in [4.78, 5) is 0. The minimum Gasteiger partial charge on any atom is -0.382 e. The monoisotopic (exact) mass is 164 g/mol. The van der Waals surface area contributed by atoms with Gasteiger partial charge >= 0.3 is 0 Å². The second-order valence-electron chi connectivity index (χ2n) is 3.05. The molecule has 0 heterocycles. The van der Waals surface area contributed by atoms with Crippen LogP contribution in [0.1, 0.15) is 27.2 Å². The summed E-state index contributed by atoms with van der Waals surface area (Å²) in [7, 11) is 1.63. The van der Waals surface area contributed by atoms with Crippen LogP contribution < -0.4 is 0 Å². The highest BCUT2D eigenvalue weighted by Crippen LogP contribution is 2.10. The number of rotatable bonds is 5. The van der Waals surface area contributed by atoms with Crippen molar-refractivity contribution in [2.24, 2.45) is 0 Å². The first-order chi connectivity index (χ1) is 4.95. The molecule has 1 unspecified atom stereocenters. The molecule has 0 aromatic heterocycles. The number of methoxy groups -OCH3 is 1. The molecule has 0 radical (unpaired) electrons. The van der Waals surface area contributed by atoms with E-state index in [1.54, 1.807) is 7.11 Å². The molecule has 0 aliphatic rings. The first-order valence-electron chi connectivity index (χ1n) is 3.81. The van der Waals surface area contributed by atoms with Gasteiger partial charge in [0.05, 0.1) is 12.7 Å². The molecule has 0 saturated heterocycles. The maximum Gasteiger partial charge on any atom is 0.203 e. The largest absolute Gasteiger partial charge is 0.382 e. The second-order valence-corrected chi connectivity index (χ2v) is 3.05. The zero-order valence-corrected chi connectivity index (χ0v) is 7.69. The Morgan fingerprint density at radius 1 is 1.45 bits per heavy atom. The number of halogens is 1. The van der Waals surface area contributed by atoms with Gasteiger partial charge in [0.15, 0.2) is 0 Å². The Kier molecular flexibility index (Phi) is 4.61. The Hall–Kier alpha value is -0.150. The Bertz CT molecular complexity index is 98.8. The van der Waals surface area contributed by atoms with Crippen LogP contribution in [0.5, 0.6) is 0 Å². The Morgan fingerprint density at radius 3 is 2.36 bits per heavy atom. The van der Waals surface area contributed by atoms with Crippen LogP contribution in [0.4, 0.5) is 4.39 Å². The number of alkyl halides is 1. The minimum atomic E-state index is -1.52. The van der Waals surface area contributed by atoms with Crippen LogP contribution in [0, 0.1) is 0 Å². The van der Waals surface area contributed by atoms with Crippen LogP contribution in [0.3, 0.4) is 0 Å². The summed E-state index contributed by atoms with van der Waals surface area (Å²) >= 11 is 0. The maximum absolute atomic E-state index is 12.7. The first kappa shape index (κ1) is 10.8. The van der Waals surface area contributed by atoms with E-state index in [9.17, 15) is 4.39 Å². The van der Waals surface area contributed by atoms with Crippen molar-refractivity contribution in [3.05, 3.63) is 0 Å². The van der Waals surface area contributed by atoms with Crippen LogP contribution in [-0.2, 0) is 9.47 Å². The van der Waals surface area contributed by atoms with Gasteiger partial charge in [-0.25, -0.2) is 4.39 Å². The van der Waals surface area contributed by atoms with E-state index in [2.05, 4.69) is 0 Å². The number of ether oxygens (including phenoxy) is 2. The molecule has 0 bridgehead atoms. The average Bonchev–Trinajstić information content (AvgIpc) is 1.85. The highest BCUT2D eigenvalue weighted by atomic mass is 19.2. The van der Waals surface area contributed by atoms with Crippen LogP contribution in [-0.4, -0.2) is 25.7 Å². The van der Waals surface area contributed by atoms with Crippen molar-refractivity contribution in [2.75, 3.05) is 13.7 Å². The molecule has 0 spiro atoms. The van der Waals surface area contributed by atoms with E-state index in [0.717, 1.165) is 6.42 Å². The molecule has 0 rings (SSSR count). The highest BCUT2D eigenvalue weighted by Gasteiger charge is 2.15. The summed E-state index contributed by atoms with van der Waals surface area (Å²) in [5.41, 5.74) is 0. The molecule has 0 aromatic carbocycles. The smallest absolute Gasteiger partial charge is 0.203 e. The van der Waals surface area contributed by atoms with Gasteiger partial charge in [-0.3, -0.25) is 0 Å². The van der Waals surface area contributed by atoms with Crippen molar-refractivity contribution in [3.63, 3.8) is 0 Å². The normalized spacial score (nSPS) is 15.0. The molecule has 1 atom stereocenters. The molecule has 2 nitrogen and oxygen atoms in total. The Morgan fingerprint density at radius 2 is 2.00 bits per heavy atom. The fraction of sp³-hybridized carbons (Fsp3) is 1.00. The van der Waals surface area contributed by atoms with Gasteiger partial charge in [-0.1, -0.05) is 0 Å². The summed E-state index contributed by atoms with van der Waals surface area (Å²) in [5.74, 6) is -1.52. The second kappa shape index (κ2) is 4.67. The fourth-order valence-corrected chi connectivity index (χ4v) is 0.585. The molecule has 0 aliphatic carbocycles. The summed E-state index contributed by atoms with van der Waals surface area (Å²) in [5, 5.41) is 0. The van der Waals surface area contributed by atoms with Crippen molar-refractivity contribution in [1.82, 2.24) is 0 Å². The van der Waals surface area contributed by atoms with Crippen LogP contribution in [0.15, 0.2) is 0 Å². The lowest BCUT2D eigenvalue weighted by atomic mass is 10.3. The van der Waals surface area contributed by atoms with Crippen molar-refractivity contribution in [1.29, 1.82) is 0 Å². The molecule has 3 heteroatoms. The van der Waals surface area contributed by atoms with Gasteiger partial charge in [0.25, 0.3) is 0 Å². The molecule has 0 amide bonds. The van der Waals surface area contributed by atoms with E-state index < -0.39 is 5.85 Å². The lowest BCUT2D eigenvalue weighted by molar-refractivity contribution is -0.122. The van der Waals surface area contributed by atoms with Crippen molar-refractivity contribution >= 4 is 0 Å². The zero-order valence-electron chi connectivity index (χ0n) is 7.69. The molecule has 0 aromatic rings. The molecule has 0 aliphatic heterocycles. The van der Waals surface area contributed by atoms with Gasteiger partial charge in [-0.05, 0) is 27.2 Å². The third kappa shape index (κ3) is 7.75. The lowest BCUT2D eigenvalue weighted by Crippen LogP contribution is -2.20. The van der Waals surface area contributed by atoms with Crippen LogP contribution in [0.2, 0.25) is 0 Å². The lowest BCUT2D eigenvalue weighted by Gasteiger charge is -2.16. The third-order valence-corrected chi connectivity index (χ3v) is 1.37. The van der Waals surface area contributed by atoms with Gasteiger partial charge in [-0.15, -0.1) is 0 Å². The zero-order chi connectivity index (χ0) is 8.91. The summed E-state index contributed by atoms with van der Waals surface area (Å²) in [6, 6.07) is 0. The van der Waals surface area contributed by atoms with E-state index in [-0.39, 0.29) is 6.10 Å². The van der Waals surface area contributed by atoms with Gasteiger partial charge in [0.2, 0.25) is 5.85 Å². The number of hydrogen-bond donors (Lipinski definition) is 0. The Balaban J connectivity index is 3.28. The molecule has 0 saturated carbocycles. The maximum atomic E-state index is 12.7. The van der Waals surface area contributed by atoms with Gasteiger partial charge in [0.1, 0.15) is 0 Å². The van der Waals surface area contributed by atoms with Gasteiger partial charge in [-0.2, -0.15) is 0 Å². The molecule has 68 valence electrons. The highest BCUT2D eigenvalue weighted by molar-refractivity contribution is 4.52. The standard InChI is InChI=1S/C8H17FO2/c1-7(10-4)5-6-11-8(2,3)9/h7H,5-6H2,1-4H3. The van der Waals surface area contributed by atoms with Crippen molar-refractivity contribution in [2.45, 2.75) is 39.2 Å². The summed E-state index contributed by atoms with van der Waals surface area (Å²) < 4.78 is 22.5. The third-order valence-electron chi connectivity index (χ3n) is 1.37. The summed E-state index contributed by atoms with van der Waals surface area (Å²) in [6.45, 7) is 5.11. The molecular weight excluding hydrogens is 147 g/mol. The number of hydrogen-bond acceptors (Lipinski definition) is 2. The van der Waals surface area contributed by atoms with E-state index >= 15 is 0 Å². The minimum absolute atomic E-state index is 0.136. The topological polar surface area (TPSA) is 18.5 Å². The average molecular weight is 164 g/mol. The molecular formula is C8H17FO2. The first-order valence-corrected chi connectivity index (χ1v) is 3.81. The summed E-state index contributed by atoms with van der Waals surface area (Å²) in [6.07, 6.45) is 0.862. The Labute approximate surface area is 67.7 Å². The molecule has 0 N–H and O–H groups in total. The SMILES string of the molecule is COC(C)CCOC(C)(C)F. The molecule has 11 heavy (non-hydrogen) atoms. The van der Waals surface area contributed by atoms with Gasteiger partial charge in [0, 0.05) is 7.11 Å². The van der Waals surface area contributed by atoms with Crippen LogP contribution >= 0.6 is 0 Å². The van der Waals surface area contributed by atoms with E-state index in [1.807, 2.05) is 6.92 Å². The van der Waals surface area contributed by atoms with E-state index in [4.69, 9.17) is 9.47 Å².